The van der Waals surface area contributed by atoms with Gasteiger partial charge in [0.2, 0.25) is 6.33 Å². The zero-order valence-corrected chi connectivity index (χ0v) is 18.9. The van der Waals surface area contributed by atoms with Gasteiger partial charge >= 0.3 is 0 Å². The standard InChI is InChI=1S/C24H22N4O4S.CH4/c1-33-12-9-25-20(29)13-27-10-11-28(15-27)14-21(30)26-19-8-4-7-18-22(19)24(32)17-6-3-2-5-16(17)23(18)31;/h2-8,10-11,15H,9,12-14H2,1H3,(H-,25,26,29,30,32);1H4/p+1. The van der Waals surface area contributed by atoms with Crippen LogP contribution in [0, 0.1) is 0 Å². The molecule has 2 amide bonds. The van der Waals surface area contributed by atoms with Crippen molar-refractivity contribution in [2.24, 2.45) is 0 Å². The van der Waals surface area contributed by atoms with Crippen molar-refractivity contribution in [3.63, 3.8) is 0 Å². The Morgan fingerprint density at radius 3 is 2.41 bits per heavy atom. The number of fused-ring (bicyclic) bond motifs is 2. The minimum absolute atomic E-state index is 0. The van der Waals surface area contributed by atoms with Gasteiger partial charge in [-0.25, -0.2) is 9.13 Å². The van der Waals surface area contributed by atoms with Gasteiger partial charge in [0.1, 0.15) is 12.4 Å². The van der Waals surface area contributed by atoms with E-state index in [-0.39, 0.29) is 55.0 Å². The molecule has 1 aliphatic rings. The van der Waals surface area contributed by atoms with Crippen LogP contribution in [0.2, 0.25) is 0 Å². The lowest BCUT2D eigenvalue weighted by atomic mass is 9.83. The Labute approximate surface area is 202 Å². The number of hydrogen-bond donors (Lipinski definition) is 2. The first-order valence-corrected chi connectivity index (χ1v) is 11.8. The summed E-state index contributed by atoms with van der Waals surface area (Å²) in [6.07, 6.45) is 7.05. The normalized spacial score (nSPS) is 11.8. The Hall–Kier alpha value is -3.72. The molecule has 34 heavy (non-hydrogen) atoms. The quantitative estimate of drug-likeness (QED) is 0.298. The fraction of sp³-hybridized carbons (Fsp3) is 0.240. The first kappa shape index (κ1) is 24.9. The van der Waals surface area contributed by atoms with Crippen molar-refractivity contribution in [1.29, 1.82) is 0 Å². The SMILES string of the molecule is C.CSCCNC(=O)Cn1cc[n+](CC(=O)Nc2cccc3c2C(=O)c2ccccc2C3=O)c1. The molecule has 176 valence electrons. The highest BCUT2D eigenvalue weighted by molar-refractivity contribution is 7.98. The van der Waals surface area contributed by atoms with Gasteiger partial charge in [0.05, 0.1) is 11.3 Å². The molecule has 0 saturated carbocycles. The number of thioether (sulfide) groups is 1. The number of nitrogens with zero attached hydrogens (tertiary/aromatic N) is 2. The number of nitrogens with one attached hydrogen (secondary N) is 2. The lowest BCUT2D eigenvalue weighted by molar-refractivity contribution is -0.683. The second-order valence-corrected chi connectivity index (χ2v) is 8.57. The van der Waals surface area contributed by atoms with E-state index in [2.05, 4.69) is 10.6 Å². The molecule has 1 aliphatic carbocycles. The summed E-state index contributed by atoms with van der Waals surface area (Å²) in [5.41, 5.74) is 1.49. The topological polar surface area (TPSA) is 101 Å². The Bertz CT molecular complexity index is 1250. The number of imidazole rings is 1. The van der Waals surface area contributed by atoms with E-state index >= 15 is 0 Å². The largest absolute Gasteiger partial charge is 0.352 e. The molecule has 1 heterocycles. The molecule has 2 N–H and O–H groups in total. The van der Waals surface area contributed by atoms with Gasteiger partial charge in [-0.1, -0.05) is 43.8 Å². The van der Waals surface area contributed by atoms with Crippen molar-refractivity contribution in [1.82, 2.24) is 9.88 Å². The average molecular weight is 480 g/mol. The minimum Gasteiger partial charge on any atom is -0.352 e. The van der Waals surface area contributed by atoms with E-state index < -0.39 is 0 Å². The molecule has 0 atom stereocenters. The van der Waals surface area contributed by atoms with Gasteiger partial charge in [-0.15, -0.1) is 0 Å². The summed E-state index contributed by atoms with van der Waals surface area (Å²) in [6.45, 7) is 0.755. The molecule has 2 aromatic carbocycles. The van der Waals surface area contributed by atoms with Gasteiger partial charge in [0.25, 0.3) is 11.8 Å². The molecule has 0 saturated heterocycles. The van der Waals surface area contributed by atoms with E-state index in [0.29, 0.717) is 23.4 Å². The van der Waals surface area contributed by atoms with Crippen LogP contribution in [-0.2, 0) is 22.7 Å². The first-order valence-electron chi connectivity index (χ1n) is 10.4. The molecule has 0 bridgehead atoms. The van der Waals surface area contributed by atoms with Gasteiger partial charge < -0.3 is 10.6 Å². The number of carbonyl (C=O) groups excluding carboxylic acids is 4. The summed E-state index contributed by atoms with van der Waals surface area (Å²) < 4.78 is 3.33. The van der Waals surface area contributed by atoms with Crippen LogP contribution < -0.4 is 15.2 Å². The fourth-order valence-corrected chi connectivity index (χ4v) is 4.05. The van der Waals surface area contributed by atoms with Crippen molar-refractivity contribution < 1.29 is 23.7 Å². The van der Waals surface area contributed by atoms with E-state index in [1.165, 1.54) is 0 Å². The molecule has 8 nitrogen and oxygen atoms in total. The number of aromatic nitrogens is 2. The van der Waals surface area contributed by atoms with Crippen molar-refractivity contribution in [2.45, 2.75) is 20.5 Å². The molecule has 0 radical (unpaired) electrons. The van der Waals surface area contributed by atoms with Crippen LogP contribution >= 0.6 is 11.8 Å². The van der Waals surface area contributed by atoms with Crippen LogP contribution in [0.5, 0.6) is 0 Å². The molecule has 3 aromatic rings. The first-order chi connectivity index (χ1) is 16.0. The summed E-state index contributed by atoms with van der Waals surface area (Å²) in [5, 5.41) is 5.59. The number of carbonyl (C=O) groups is 4. The molecule has 1 aromatic heterocycles. The number of hydrogen-bond acceptors (Lipinski definition) is 5. The predicted molar refractivity (Wildman–Crippen MR) is 131 cm³/mol. The maximum Gasteiger partial charge on any atom is 0.266 e. The minimum atomic E-state index is -0.352. The van der Waals surface area contributed by atoms with Gasteiger partial charge in [0, 0.05) is 29.0 Å². The van der Waals surface area contributed by atoms with Crippen LogP contribution in [0.1, 0.15) is 39.3 Å². The number of ketones is 2. The van der Waals surface area contributed by atoms with Gasteiger partial charge in [-0.05, 0) is 12.3 Å². The molecular formula is C25H27N4O4S+. The number of rotatable bonds is 8. The van der Waals surface area contributed by atoms with Crippen LogP contribution in [0.25, 0.3) is 0 Å². The number of anilines is 1. The van der Waals surface area contributed by atoms with E-state index in [1.807, 2.05) is 6.26 Å². The molecule has 0 spiro atoms. The van der Waals surface area contributed by atoms with Gasteiger partial charge in [-0.2, -0.15) is 11.8 Å². The fourth-order valence-electron chi connectivity index (χ4n) is 3.74. The third-order valence-corrected chi connectivity index (χ3v) is 5.87. The van der Waals surface area contributed by atoms with Gasteiger partial charge in [-0.3, -0.25) is 19.2 Å². The lowest BCUT2D eigenvalue weighted by Crippen LogP contribution is -2.39. The third kappa shape index (κ3) is 5.26. The molecule has 0 fully saturated rings. The molecule has 4 rings (SSSR count). The molecule has 9 heteroatoms. The summed E-state index contributed by atoms with van der Waals surface area (Å²) in [7, 11) is 0. The number of benzene rings is 2. The monoisotopic (exact) mass is 479 g/mol. The van der Waals surface area contributed by atoms with Crippen molar-refractivity contribution in [3.05, 3.63) is 83.4 Å². The third-order valence-electron chi connectivity index (χ3n) is 5.25. The zero-order valence-electron chi connectivity index (χ0n) is 18.0. The van der Waals surface area contributed by atoms with E-state index in [9.17, 15) is 19.2 Å². The second kappa shape index (κ2) is 10.9. The van der Waals surface area contributed by atoms with Crippen molar-refractivity contribution in [2.75, 3.05) is 23.9 Å². The van der Waals surface area contributed by atoms with Gasteiger partial charge in [0.15, 0.2) is 24.7 Å². The predicted octanol–water partition coefficient (Wildman–Crippen LogP) is 2.30. The lowest BCUT2D eigenvalue weighted by Gasteiger charge is -2.20. The van der Waals surface area contributed by atoms with Crippen LogP contribution in [0.3, 0.4) is 0 Å². The Morgan fingerprint density at radius 1 is 0.971 bits per heavy atom. The Morgan fingerprint density at radius 2 is 1.68 bits per heavy atom. The number of amides is 2. The molecule has 0 unspecified atom stereocenters. The van der Waals surface area contributed by atoms with E-state index in [4.69, 9.17) is 0 Å². The van der Waals surface area contributed by atoms with Crippen LogP contribution in [-0.4, -0.2) is 46.5 Å². The maximum absolute atomic E-state index is 13.1. The van der Waals surface area contributed by atoms with Crippen molar-refractivity contribution in [3.8, 4) is 0 Å². The van der Waals surface area contributed by atoms with E-state index in [0.717, 1.165) is 5.75 Å². The maximum atomic E-state index is 13.1. The molecule has 0 aliphatic heterocycles. The highest BCUT2D eigenvalue weighted by Crippen LogP contribution is 2.31. The van der Waals surface area contributed by atoms with E-state index in [1.54, 1.807) is 82.1 Å². The smallest absolute Gasteiger partial charge is 0.266 e. The summed E-state index contributed by atoms with van der Waals surface area (Å²) in [6, 6.07) is 11.5. The average Bonchev–Trinajstić information content (AvgIpc) is 3.23. The highest BCUT2D eigenvalue weighted by Gasteiger charge is 2.31. The van der Waals surface area contributed by atoms with Crippen LogP contribution in [0.15, 0.2) is 61.2 Å². The summed E-state index contributed by atoms with van der Waals surface area (Å²) in [4.78, 5) is 50.6. The Balaban J connectivity index is 0.00000324. The zero-order chi connectivity index (χ0) is 23.4. The Kier molecular flexibility index (Phi) is 8.01. The van der Waals surface area contributed by atoms with Crippen LogP contribution in [0.4, 0.5) is 5.69 Å². The highest BCUT2D eigenvalue weighted by atomic mass is 32.2. The second-order valence-electron chi connectivity index (χ2n) is 7.58. The molecular weight excluding hydrogens is 452 g/mol. The summed E-state index contributed by atoms with van der Waals surface area (Å²) in [5.74, 6) is -0.133. The van der Waals surface area contributed by atoms with Crippen molar-refractivity contribution >= 4 is 40.8 Å². The summed E-state index contributed by atoms with van der Waals surface area (Å²) >= 11 is 1.66.